The van der Waals surface area contributed by atoms with E-state index >= 15 is 0 Å². The highest BCUT2D eigenvalue weighted by Crippen LogP contribution is 2.40. The Labute approximate surface area is 133 Å². The molecule has 1 saturated carbocycles. The highest BCUT2D eigenvalue weighted by atomic mass is 32.1. The normalized spacial score (nSPS) is 21.5. The molecule has 0 radical (unpaired) electrons. The number of ether oxygens (including phenoxy) is 1. The summed E-state index contributed by atoms with van der Waals surface area (Å²) in [6.45, 7) is 5.84. The zero-order valence-electron chi connectivity index (χ0n) is 12.8. The molecule has 3 atom stereocenters. The molecule has 1 aromatic heterocycles. The van der Waals surface area contributed by atoms with E-state index in [1.807, 2.05) is 13.8 Å². The molecule has 0 saturated heterocycles. The van der Waals surface area contributed by atoms with Gasteiger partial charge in [0.1, 0.15) is 16.9 Å². The lowest BCUT2D eigenvalue weighted by atomic mass is 10.2. The number of nitrogens with zero attached hydrogens (tertiary/aromatic N) is 1. The van der Waals surface area contributed by atoms with E-state index < -0.39 is 0 Å². The Hall–Kier alpha value is -1.75. The molecule has 22 heavy (non-hydrogen) atoms. The van der Waals surface area contributed by atoms with Gasteiger partial charge < -0.3 is 4.74 Å². The molecule has 0 N–H and O–H groups in total. The monoisotopic (exact) mass is 319 g/mol. The Balaban J connectivity index is 1.76. The summed E-state index contributed by atoms with van der Waals surface area (Å²) in [6, 6.07) is 6.26. The molecule has 0 aliphatic heterocycles. The van der Waals surface area contributed by atoms with Gasteiger partial charge in [0.05, 0.1) is 16.5 Å². The Kier molecular flexibility index (Phi) is 4.00. The number of thiazole rings is 1. The van der Waals surface area contributed by atoms with Crippen LogP contribution in [0.4, 0.5) is 4.39 Å². The van der Waals surface area contributed by atoms with Gasteiger partial charge in [-0.1, -0.05) is 6.92 Å². The van der Waals surface area contributed by atoms with Crippen molar-refractivity contribution in [2.75, 3.05) is 0 Å². The van der Waals surface area contributed by atoms with Gasteiger partial charge >= 0.3 is 5.97 Å². The summed E-state index contributed by atoms with van der Waals surface area (Å²) in [4.78, 5) is 17.4. The van der Waals surface area contributed by atoms with E-state index in [4.69, 9.17) is 4.74 Å². The van der Waals surface area contributed by atoms with E-state index in [1.54, 1.807) is 12.1 Å². The summed E-state index contributed by atoms with van der Waals surface area (Å²) in [5, 5.41) is 0.815. The number of aromatic nitrogens is 1. The van der Waals surface area contributed by atoms with Crippen molar-refractivity contribution in [3.63, 3.8) is 0 Å². The number of esters is 1. The van der Waals surface area contributed by atoms with Gasteiger partial charge in [0.2, 0.25) is 0 Å². The number of rotatable bonds is 4. The fourth-order valence-corrected chi connectivity index (χ4v) is 3.52. The van der Waals surface area contributed by atoms with Gasteiger partial charge in [-0.05, 0) is 50.5 Å². The molecule has 1 aliphatic rings. The number of carbonyl (C=O) groups excluding carboxylic acids is 1. The minimum atomic E-state index is -0.299. The minimum absolute atomic E-state index is 0.0623. The van der Waals surface area contributed by atoms with Crippen LogP contribution in [0.2, 0.25) is 0 Å². The van der Waals surface area contributed by atoms with E-state index in [0.717, 1.165) is 27.6 Å². The zero-order chi connectivity index (χ0) is 15.9. The first-order chi connectivity index (χ1) is 10.5. The average Bonchev–Trinajstić information content (AvgIpc) is 3.08. The summed E-state index contributed by atoms with van der Waals surface area (Å²) < 4.78 is 18.5. The summed E-state index contributed by atoms with van der Waals surface area (Å²) in [6.07, 6.45) is 0.626. The topological polar surface area (TPSA) is 39.2 Å². The Morgan fingerprint density at radius 3 is 2.64 bits per heavy atom. The Bertz CT molecular complexity index is 695. The lowest BCUT2D eigenvalue weighted by molar-refractivity contribution is -0.150. The quantitative estimate of drug-likeness (QED) is 0.778. The van der Waals surface area contributed by atoms with Crippen LogP contribution in [-0.4, -0.2) is 11.0 Å². The molecule has 0 spiro atoms. The van der Waals surface area contributed by atoms with Crippen LogP contribution in [-0.2, 0) is 9.53 Å². The third-order valence-electron chi connectivity index (χ3n) is 4.00. The van der Waals surface area contributed by atoms with Crippen LogP contribution in [0, 0.1) is 24.6 Å². The van der Waals surface area contributed by atoms with Crippen LogP contribution in [0.15, 0.2) is 24.3 Å². The molecule has 5 heteroatoms. The summed E-state index contributed by atoms with van der Waals surface area (Å²) in [5.41, 5.74) is 1.73. The van der Waals surface area contributed by atoms with Crippen molar-refractivity contribution in [1.82, 2.24) is 4.98 Å². The van der Waals surface area contributed by atoms with Gasteiger partial charge in [0.25, 0.3) is 0 Å². The van der Waals surface area contributed by atoms with E-state index in [-0.39, 0.29) is 23.8 Å². The summed E-state index contributed by atoms with van der Waals surface area (Å²) in [5.74, 6) is 0.124. The molecule has 0 unspecified atom stereocenters. The van der Waals surface area contributed by atoms with Crippen molar-refractivity contribution in [3.05, 3.63) is 40.7 Å². The van der Waals surface area contributed by atoms with E-state index in [2.05, 4.69) is 11.9 Å². The van der Waals surface area contributed by atoms with Crippen LogP contribution in [0.5, 0.6) is 0 Å². The average molecular weight is 319 g/mol. The molecule has 3 nitrogen and oxygen atoms in total. The van der Waals surface area contributed by atoms with Crippen molar-refractivity contribution < 1.29 is 13.9 Å². The van der Waals surface area contributed by atoms with Crippen molar-refractivity contribution in [2.24, 2.45) is 11.8 Å². The van der Waals surface area contributed by atoms with Gasteiger partial charge in [-0.25, -0.2) is 9.37 Å². The second-order valence-electron chi connectivity index (χ2n) is 5.87. The van der Waals surface area contributed by atoms with Crippen molar-refractivity contribution in [2.45, 2.75) is 33.3 Å². The second-order valence-corrected chi connectivity index (χ2v) is 6.90. The second kappa shape index (κ2) is 5.80. The number of aryl methyl sites for hydroxylation is 1. The molecule has 116 valence electrons. The molecule has 0 amide bonds. The van der Waals surface area contributed by atoms with Crippen LogP contribution >= 0.6 is 11.3 Å². The molecule has 1 aliphatic carbocycles. The predicted molar refractivity (Wildman–Crippen MR) is 84.0 cm³/mol. The van der Waals surface area contributed by atoms with E-state index in [1.165, 1.54) is 23.5 Å². The summed E-state index contributed by atoms with van der Waals surface area (Å²) in [7, 11) is 0. The lowest BCUT2D eigenvalue weighted by Gasteiger charge is -2.11. The standard InChI is InChI=1S/C17H18FNO2S/c1-9-8-14(9)17(20)21-11(3)15-10(2)19-16(22-15)12-4-6-13(18)7-5-12/h4-7,9,11,14H,8H2,1-3H3/t9-,11+,14-/m1/s1. The van der Waals surface area contributed by atoms with Gasteiger partial charge in [-0.15, -0.1) is 11.3 Å². The first-order valence-corrected chi connectivity index (χ1v) is 8.21. The van der Waals surface area contributed by atoms with Crippen LogP contribution in [0.1, 0.15) is 36.9 Å². The van der Waals surface area contributed by atoms with Crippen molar-refractivity contribution in [1.29, 1.82) is 0 Å². The first kappa shape index (κ1) is 15.2. The highest BCUT2D eigenvalue weighted by Gasteiger charge is 2.41. The highest BCUT2D eigenvalue weighted by molar-refractivity contribution is 7.15. The third-order valence-corrected chi connectivity index (χ3v) is 5.37. The maximum atomic E-state index is 13.0. The van der Waals surface area contributed by atoms with E-state index in [0.29, 0.717) is 5.92 Å². The smallest absolute Gasteiger partial charge is 0.309 e. The molecular formula is C17H18FNO2S. The third kappa shape index (κ3) is 3.04. The van der Waals surface area contributed by atoms with Gasteiger partial charge in [-0.3, -0.25) is 4.79 Å². The number of hydrogen-bond donors (Lipinski definition) is 0. The molecule has 2 aromatic rings. The molecular weight excluding hydrogens is 301 g/mol. The van der Waals surface area contributed by atoms with Gasteiger partial charge in [-0.2, -0.15) is 0 Å². The molecule has 0 bridgehead atoms. The number of hydrogen-bond acceptors (Lipinski definition) is 4. The maximum Gasteiger partial charge on any atom is 0.309 e. The van der Waals surface area contributed by atoms with E-state index in [9.17, 15) is 9.18 Å². The SMILES string of the molecule is Cc1nc(-c2ccc(F)cc2)sc1[C@H](C)OC(=O)[C@@H]1C[C@H]1C. The fourth-order valence-electron chi connectivity index (χ4n) is 2.47. The molecule has 1 fully saturated rings. The van der Waals surface area contributed by atoms with Crippen LogP contribution in [0.25, 0.3) is 10.6 Å². The Morgan fingerprint density at radius 1 is 1.41 bits per heavy atom. The van der Waals surface area contributed by atoms with Crippen molar-refractivity contribution in [3.8, 4) is 10.6 Å². The number of benzene rings is 1. The first-order valence-electron chi connectivity index (χ1n) is 7.39. The summed E-state index contributed by atoms with van der Waals surface area (Å²) >= 11 is 1.49. The zero-order valence-corrected chi connectivity index (χ0v) is 13.6. The predicted octanol–water partition coefficient (Wildman–Crippen LogP) is 4.52. The fraction of sp³-hybridized carbons (Fsp3) is 0.412. The minimum Gasteiger partial charge on any atom is -0.457 e. The van der Waals surface area contributed by atoms with Gasteiger partial charge in [0, 0.05) is 5.56 Å². The molecule has 1 heterocycles. The maximum absolute atomic E-state index is 13.0. The number of carbonyl (C=O) groups is 1. The lowest BCUT2D eigenvalue weighted by Crippen LogP contribution is -2.11. The largest absolute Gasteiger partial charge is 0.457 e. The van der Waals surface area contributed by atoms with Gasteiger partial charge in [0.15, 0.2) is 0 Å². The van der Waals surface area contributed by atoms with Crippen LogP contribution in [0.3, 0.4) is 0 Å². The van der Waals surface area contributed by atoms with Crippen molar-refractivity contribution >= 4 is 17.3 Å². The molecule has 1 aromatic carbocycles. The Morgan fingerprint density at radius 2 is 2.05 bits per heavy atom. The number of halogens is 1. The van der Waals surface area contributed by atoms with Crippen LogP contribution < -0.4 is 0 Å². The molecule has 3 rings (SSSR count).